The fraction of sp³-hybridized carbons (Fsp3) is 0.385. The molecular weight excluding hydrogens is 350 g/mol. The Labute approximate surface area is 130 Å². The Morgan fingerprint density at radius 1 is 1.50 bits per heavy atom. The molecule has 20 heavy (non-hydrogen) atoms. The maximum Gasteiger partial charge on any atom is 0.326 e. The predicted octanol–water partition coefficient (Wildman–Crippen LogP) is 2.63. The molecule has 0 aliphatic carbocycles. The highest BCUT2D eigenvalue weighted by Crippen LogP contribution is 2.27. The van der Waals surface area contributed by atoms with Crippen molar-refractivity contribution in [1.82, 2.24) is 5.32 Å². The van der Waals surface area contributed by atoms with E-state index < -0.39 is 17.9 Å². The molecule has 7 heteroatoms. The van der Waals surface area contributed by atoms with Gasteiger partial charge in [-0.3, -0.25) is 4.79 Å². The van der Waals surface area contributed by atoms with Gasteiger partial charge in [0, 0.05) is 30.2 Å². The first-order chi connectivity index (χ1) is 9.36. The molecule has 0 aliphatic heterocycles. The molecule has 0 aliphatic rings. The van der Waals surface area contributed by atoms with E-state index in [9.17, 15) is 9.59 Å². The summed E-state index contributed by atoms with van der Waals surface area (Å²) in [6.07, 6.45) is 0.195. The lowest BCUT2D eigenvalue weighted by molar-refractivity contribution is -0.139. The Morgan fingerprint density at radius 2 is 2.15 bits per heavy atom. The molecular formula is C13H15BrClNO4. The molecule has 2 N–H and O–H groups in total. The number of benzene rings is 1. The topological polar surface area (TPSA) is 75.6 Å². The third-order valence-electron chi connectivity index (χ3n) is 2.69. The van der Waals surface area contributed by atoms with E-state index in [0.717, 1.165) is 5.56 Å². The van der Waals surface area contributed by atoms with Crippen molar-refractivity contribution >= 4 is 39.4 Å². The summed E-state index contributed by atoms with van der Waals surface area (Å²) in [4.78, 5) is 23.1. The molecule has 1 rings (SSSR count). The summed E-state index contributed by atoms with van der Waals surface area (Å²) in [5, 5.41) is 11.9. The van der Waals surface area contributed by atoms with Crippen LogP contribution in [-0.4, -0.2) is 36.7 Å². The Bertz CT molecular complexity index is 498. The normalized spacial score (nSPS) is 12.0. The van der Waals surface area contributed by atoms with Gasteiger partial charge in [-0.05, 0) is 40.5 Å². The highest BCUT2D eigenvalue weighted by Gasteiger charge is 2.21. The average molecular weight is 365 g/mol. The molecule has 1 amide bonds. The van der Waals surface area contributed by atoms with Gasteiger partial charge in [-0.2, -0.15) is 0 Å². The molecule has 0 spiro atoms. The number of ether oxygens (including phenoxy) is 1. The van der Waals surface area contributed by atoms with Gasteiger partial charge in [-0.25, -0.2) is 4.79 Å². The fourth-order valence-corrected chi connectivity index (χ4v) is 2.09. The summed E-state index contributed by atoms with van der Waals surface area (Å²) in [7, 11) is 1.47. The van der Waals surface area contributed by atoms with E-state index in [2.05, 4.69) is 21.2 Å². The Balaban J connectivity index is 2.86. The minimum atomic E-state index is -1.10. The second-order valence-electron chi connectivity index (χ2n) is 4.23. The monoisotopic (exact) mass is 363 g/mol. The number of carboxylic acids is 1. The van der Waals surface area contributed by atoms with Gasteiger partial charge in [0.1, 0.15) is 6.04 Å². The average Bonchev–Trinajstić information content (AvgIpc) is 2.39. The number of aliphatic carboxylic acids is 1. The molecule has 0 fully saturated rings. The van der Waals surface area contributed by atoms with Crippen LogP contribution >= 0.6 is 27.5 Å². The number of aryl methyl sites for hydroxylation is 1. The summed E-state index contributed by atoms with van der Waals surface area (Å²) in [5.74, 6) is -1.58. The first-order valence-electron chi connectivity index (χ1n) is 5.85. The van der Waals surface area contributed by atoms with Gasteiger partial charge in [0.2, 0.25) is 0 Å². The molecule has 5 nitrogen and oxygen atoms in total. The molecule has 0 aromatic heterocycles. The molecule has 1 atom stereocenters. The number of carboxylic acid groups (broad SMARTS) is 1. The SMILES string of the molecule is COCCC(NC(=O)c1cc(C)c(Br)c(Cl)c1)C(=O)O. The largest absolute Gasteiger partial charge is 0.480 e. The van der Waals surface area contributed by atoms with Crippen LogP contribution in [-0.2, 0) is 9.53 Å². The van der Waals surface area contributed by atoms with E-state index in [1.165, 1.54) is 13.2 Å². The zero-order chi connectivity index (χ0) is 15.3. The molecule has 0 saturated carbocycles. The lowest BCUT2D eigenvalue weighted by Crippen LogP contribution is -2.41. The van der Waals surface area contributed by atoms with Crippen LogP contribution < -0.4 is 5.32 Å². The zero-order valence-corrected chi connectivity index (χ0v) is 13.4. The second-order valence-corrected chi connectivity index (χ2v) is 5.43. The Morgan fingerprint density at radius 3 is 2.65 bits per heavy atom. The van der Waals surface area contributed by atoms with Crippen molar-refractivity contribution in [3.63, 3.8) is 0 Å². The van der Waals surface area contributed by atoms with Crippen LogP contribution in [0.5, 0.6) is 0 Å². The number of hydrogen-bond donors (Lipinski definition) is 2. The van der Waals surface area contributed by atoms with Crippen molar-refractivity contribution in [1.29, 1.82) is 0 Å². The Hall–Kier alpha value is -1.11. The number of halogens is 2. The van der Waals surface area contributed by atoms with Crippen LogP contribution in [0, 0.1) is 6.92 Å². The number of amides is 1. The maximum absolute atomic E-state index is 12.0. The molecule has 0 saturated heterocycles. The fourth-order valence-electron chi connectivity index (χ4n) is 1.59. The summed E-state index contributed by atoms with van der Waals surface area (Å²) in [6.45, 7) is 2.05. The summed E-state index contributed by atoms with van der Waals surface area (Å²) in [6, 6.07) is 2.13. The smallest absolute Gasteiger partial charge is 0.326 e. The first-order valence-corrected chi connectivity index (χ1v) is 7.02. The number of nitrogens with one attached hydrogen (secondary N) is 1. The third-order valence-corrected chi connectivity index (χ3v) is 4.27. The van der Waals surface area contributed by atoms with Crippen molar-refractivity contribution in [2.45, 2.75) is 19.4 Å². The number of rotatable bonds is 6. The highest BCUT2D eigenvalue weighted by molar-refractivity contribution is 9.10. The third kappa shape index (κ3) is 4.47. The van der Waals surface area contributed by atoms with Gasteiger partial charge < -0.3 is 15.2 Å². The molecule has 1 aromatic carbocycles. The minimum absolute atomic E-state index is 0.195. The van der Waals surface area contributed by atoms with Crippen LogP contribution in [0.3, 0.4) is 0 Å². The molecule has 0 bridgehead atoms. The molecule has 0 radical (unpaired) electrons. The number of carbonyl (C=O) groups excluding carboxylic acids is 1. The van der Waals surface area contributed by atoms with Crippen molar-refractivity contribution in [3.05, 3.63) is 32.8 Å². The van der Waals surface area contributed by atoms with Gasteiger partial charge in [0.15, 0.2) is 0 Å². The van der Waals surface area contributed by atoms with Gasteiger partial charge in [-0.1, -0.05) is 11.6 Å². The Kier molecular flexibility index (Phi) is 6.45. The van der Waals surface area contributed by atoms with Crippen molar-refractivity contribution in [3.8, 4) is 0 Å². The lowest BCUT2D eigenvalue weighted by atomic mass is 10.1. The van der Waals surface area contributed by atoms with E-state index in [0.29, 0.717) is 15.1 Å². The minimum Gasteiger partial charge on any atom is -0.480 e. The van der Waals surface area contributed by atoms with E-state index in [-0.39, 0.29) is 13.0 Å². The van der Waals surface area contributed by atoms with E-state index in [1.807, 2.05) is 0 Å². The second kappa shape index (κ2) is 7.61. The van der Waals surface area contributed by atoms with Crippen LogP contribution in [0.4, 0.5) is 0 Å². The van der Waals surface area contributed by atoms with Crippen LogP contribution in [0.15, 0.2) is 16.6 Å². The van der Waals surface area contributed by atoms with Crippen LogP contribution in [0.1, 0.15) is 22.3 Å². The van der Waals surface area contributed by atoms with E-state index >= 15 is 0 Å². The summed E-state index contributed by atoms with van der Waals surface area (Å²) in [5.41, 5.74) is 1.12. The summed E-state index contributed by atoms with van der Waals surface area (Å²) < 4.78 is 5.53. The van der Waals surface area contributed by atoms with Crippen molar-refractivity contribution in [2.75, 3.05) is 13.7 Å². The lowest BCUT2D eigenvalue weighted by Gasteiger charge is -2.14. The van der Waals surface area contributed by atoms with E-state index in [4.69, 9.17) is 21.4 Å². The van der Waals surface area contributed by atoms with Crippen molar-refractivity contribution in [2.24, 2.45) is 0 Å². The van der Waals surface area contributed by atoms with Gasteiger partial charge in [-0.15, -0.1) is 0 Å². The molecule has 0 heterocycles. The first kappa shape index (κ1) is 16.9. The summed E-state index contributed by atoms with van der Waals surface area (Å²) >= 11 is 9.28. The number of hydrogen-bond acceptors (Lipinski definition) is 3. The predicted molar refractivity (Wildman–Crippen MR) is 79.3 cm³/mol. The van der Waals surface area contributed by atoms with Crippen LogP contribution in [0.2, 0.25) is 5.02 Å². The van der Waals surface area contributed by atoms with Gasteiger partial charge in [0.25, 0.3) is 5.91 Å². The zero-order valence-electron chi connectivity index (χ0n) is 11.1. The number of carbonyl (C=O) groups is 2. The molecule has 110 valence electrons. The number of methoxy groups -OCH3 is 1. The van der Waals surface area contributed by atoms with Gasteiger partial charge >= 0.3 is 5.97 Å². The molecule has 1 aromatic rings. The van der Waals surface area contributed by atoms with Crippen LogP contribution in [0.25, 0.3) is 0 Å². The highest BCUT2D eigenvalue weighted by atomic mass is 79.9. The maximum atomic E-state index is 12.0. The van der Waals surface area contributed by atoms with Crippen molar-refractivity contribution < 1.29 is 19.4 Å². The molecule has 1 unspecified atom stereocenters. The van der Waals surface area contributed by atoms with E-state index in [1.54, 1.807) is 13.0 Å². The van der Waals surface area contributed by atoms with Gasteiger partial charge in [0.05, 0.1) is 5.02 Å². The standard InChI is InChI=1S/C13H15BrClNO4/c1-7-5-8(6-9(15)11(7)14)12(17)16-10(13(18)19)3-4-20-2/h5-6,10H,3-4H2,1-2H3,(H,16,17)(H,18,19). The quantitative estimate of drug-likeness (QED) is 0.813.